The summed E-state index contributed by atoms with van der Waals surface area (Å²) in [5.74, 6) is -3.23. The van der Waals surface area contributed by atoms with Crippen molar-refractivity contribution >= 4 is 0 Å². The molecular formula is C32H18F9NO2. The summed E-state index contributed by atoms with van der Waals surface area (Å²) in [6.45, 7) is 2.55. The first-order valence-corrected chi connectivity index (χ1v) is 12.7. The summed E-state index contributed by atoms with van der Waals surface area (Å²) < 4.78 is 137. The minimum atomic E-state index is -4.81. The number of halogens is 9. The topological polar surface area (TPSA) is 31.4 Å². The molecule has 0 unspecified atom stereocenters. The molecule has 12 heteroatoms. The molecular weight excluding hydrogens is 601 g/mol. The fourth-order valence-corrected chi connectivity index (χ4v) is 3.62. The molecule has 4 aromatic rings. The SMILES string of the molecule is CCCCOc1ccc(C#Cc2cc(F)c(C#Cc3cc(F)c(C(F)(F)Oc4cc(F)c(F)c(F)c4)c(F)c3)c(F)c2)nc1. The van der Waals surface area contributed by atoms with Gasteiger partial charge in [0.1, 0.15) is 46.0 Å². The van der Waals surface area contributed by atoms with Gasteiger partial charge in [-0.25, -0.2) is 35.7 Å². The number of rotatable bonds is 7. The fraction of sp³-hybridized carbons (Fsp3) is 0.156. The van der Waals surface area contributed by atoms with Crippen molar-refractivity contribution in [3.63, 3.8) is 0 Å². The van der Waals surface area contributed by atoms with Crippen LogP contribution in [-0.2, 0) is 6.11 Å². The van der Waals surface area contributed by atoms with Crippen molar-refractivity contribution in [2.24, 2.45) is 0 Å². The maximum atomic E-state index is 14.6. The van der Waals surface area contributed by atoms with E-state index in [0.717, 1.165) is 25.0 Å². The summed E-state index contributed by atoms with van der Waals surface area (Å²) in [7, 11) is 0. The Kier molecular flexibility index (Phi) is 9.74. The van der Waals surface area contributed by atoms with Crippen molar-refractivity contribution in [3.05, 3.63) is 123 Å². The molecule has 0 aliphatic rings. The molecule has 226 valence electrons. The van der Waals surface area contributed by atoms with Gasteiger partial charge in [0.25, 0.3) is 0 Å². The van der Waals surface area contributed by atoms with Crippen molar-refractivity contribution in [2.75, 3.05) is 6.61 Å². The smallest absolute Gasteiger partial charge is 0.432 e. The second-order valence-corrected chi connectivity index (χ2v) is 9.03. The Labute approximate surface area is 245 Å². The minimum absolute atomic E-state index is 0.0563. The van der Waals surface area contributed by atoms with Crippen molar-refractivity contribution < 1.29 is 49.0 Å². The van der Waals surface area contributed by atoms with Gasteiger partial charge in [0, 0.05) is 23.3 Å². The monoisotopic (exact) mass is 619 g/mol. The molecule has 1 aromatic heterocycles. The Morgan fingerprint density at radius 3 is 1.80 bits per heavy atom. The number of benzene rings is 3. The number of alkyl halides is 2. The Morgan fingerprint density at radius 2 is 1.25 bits per heavy atom. The van der Waals surface area contributed by atoms with Gasteiger partial charge in [0.05, 0.1) is 18.4 Å². The Morgan fingerprint density at radius 1 is 0.682 bits per heavy atom. The number of nitrogens with zero attached hydrogens (tertiary/aromatic N) is 1. The van der Waals surface area contributed by atoms with Gasteiger partial charge in [-0.2, -0.15) is 8.78 Å². The van der Waals surface area contributed by atoms with Crippen LogP contribution in [0.3, 0.4) is 0 Å². The summed E-state index contributed by atoms with van der Waals surface area (Å²) in [6, 6.07) is 5.72. The predicted molar refractivity (Wildman–Crippen MR) is 140 cm³/mol. The van der Waals surface area contributed by atoms with E-state index in [4.69, 9.17) is 4.74 Å². The average molecular weight is 619 g/mol. The maximum absolute atomic E-state index is 14.6. The van der Waals surface area contributed by atoms with E-state index in [1.165, 1.54) is 6.20 Å². The van der Waals surface area contributed by atoms with Gasteiger partial charge in [-0.05, 0) is 48.7 Å². The first kappa shape index (κ1) is 31.8. The van der Waals surface area contributed by atoms with Crippen LogP contribution in [0.5, 0.6) is 11.5 Å². The van der Waals surface area contributed by atoms with Crippen molar-refractivity contribution in [1.82, 2.24) is 4.98 Å². The van der Waals surface area contributed by atoms with Crippen molar-refractivity contribution in [1.29, 1.82) is 0 Å². The van der Waals surface area contributed by atoms with Crippen LogP contribution in [-0.4, -0.2) is 11.6 Å². The van der Waals surface area contributed by atoms with Crippen LogP contribution in [0.4, 0.5) is 39.5 Å². The van der Waals surface area contributed by atoms with E-state index in [0.29, 0.717) is 30.2 Å². The van der Waals surface area contributed by atoms with Gasteiger partial charge >= 0.3 is 6.11 Å². The number of hydrogen-bond acceptors (Lipinski definition) is 3. The average Bonchev–Trinajstić information content (AvgIpc) is 2.94. The third kappa shape index (κ3) is 7.64. The lowest BCUT2D eigenvalue weighted by Crippen LogP contribution is -2.25. The van der Waals surface area contributed by atoms with Crippen LogP contribution in [0.15, 0.2) is 54.7 Å². The number of pyridine rings is 1. The van der Waals surface area contributed by atoms with Gasteiger partial charge in [-0.3, -0.25) is 0 Å². The zero-order valence-corrected chi connectivity index (χ0v) is 22.5. The normalized spacial score (nSPS) is 10.9. The highest BCUT2D eigenvalue weighted by molar-refractivity contribution is 5.49. The molecule has 0 bridgehead atoms. The Bertz CT molecular complexity index is 1750. The molecule has 44 heavy (non-hydrogen) atoms. The third-order valence-electron chi connectivity index (χ3n) is 5.75. The quantitative estimate of drug-likeness (QED) is 0.0906. The second kappa shape index (κ2) is 13.5. The summed E-state index contributed by atoms with van der Waals surface area (Å²) in [4.78, 5) is 4.10. The van der Waals surface area contributed by atoms with Crippen LogP contribution in [0, 0.1) is 64.4 Å². The third-order valence-corrected chi connectivity index (χ3v) is 5.75. The number of aromatic nitrogens is 1. The Balaban J connectivity index is 1.52. The molecule has 0 fully saturated rings. The van der Waals surface area contributed by atoms with E-state index in [2.05, 4.69) is 33.4 Å². The summed E-state index contributed by atoms with van der Waals surface area (Å²) in [5.41, 5.74) is -3.10. The van der Waals surface area contributed by atoms with Gasteiger partial charge in [-0.1, -0.05) is 31.1 Å². The predicted octanol–water partition coefficient (Wildman–Crippen LogP) is 8.16. The molecule has 0 N–H and O–H groups in total. The van der Waals surface area contributed by atoms with E-state index >= 15 is 0 Å². The molecule has 0 atom stereocenters. The number of hydrogen-bond donors (Lipinski definition) is 0. The molecule has 0 spiro atoms. The number of ether oxygens (including phenoxy) is 2. The lowest BCUT2D eigenvalue weighted by Gasteiger charge is -2.19. The van der Waals surface area contributed by atoms with Gasteiger partial charge in [0.2, 0.25) is 0 Å². The maximum Gasteiger partial charge on any atom is 0.432 e. The highest BCUT2D eigenvalue weighted by atomic mass is 19.3. The van der Waals surface area contributed by atoms with E-state index in [1.807, 2.05) is 6.92 Å². The molecule has 3 nitrogen and oxygen atoms in total. The van der Waals surface area contributed by atoms with E-state index < -0.39 is 69.3 Å². The van der Waals surface area contributed by atoms with Crippen LogP contribution < -0.4 is 9.47 Å². The molecule has 0 saturated heterocycles. The van der Waals surface area contributed by atoms with Gasteiger partial charge in [0.15, 0.2) is 17.5 Å². The van der Waals surface area contributed by atoms with E-state index in [1.54, 1.807) is 12.1 Å². The molecule has 0 saturated carbocycles. The molecule has 0 aliphatic heterocycles. The van der Waals surface area contributed by atoms with Gasteiger partial charge in [-0.15, -0.1) is 0 Å². The fourth-order valence-electron chi connectivity index (χ4n) is 3.62. The summed E-state index contributed by atoms with van der Waals surface area (Å²) >= 11 is 0. The number of unbranched alkanes of at least 4 members (excludes halogenated alkanes) is 1. The second-order valence-electron chi connectivity index (χ2n) is 9.03. The Hall–Kier alpha value is -5.10. The lowest BCUT2D eigenvalue weighted by atomic mass is 10.1. The molecule has 0 aliphatic carbocycles. The molecule has 0 radical (unpaired) electrons. The van der Waals surface area contributed by atoms with Crippen LogP contribution in [0.2, 0.25) is 0 Å². The van der Waals surface area contributed by atoms with Crippen LogP contribution in [0.1, 0.15) is 47.7 Å². The molecule has 4 rings (SSSR count). The zero-order chi connectivity index (χ0) is 32.0. The van der Waals surface area contributed by atoms with Gasteiger partial charge < -0.3 is 9.47 Å². The lowest BCUT2D eigenvalue weighted by molar-refractivity contribution is -0.189. The van der Waals surface area contributed by atoms with E-state index in [9.17, 15) is 39.5 Å². The highest BCUT2D eigenvalue weighted by Crippen LogP contribution is 2.36. The minimum Gasteiger partial charge on any atom is -0.492 e. The molecule has 1 heterocycles. The zero-order valence-electron chi connectivity index (χ0n) is 22.5. The van der Waals surface area contributed by atoms with Crippen molar-refractivity contribution in [3.8, 4) is 35.2 Å². The largest absolute Gasteiger partial charge is 0.492 e. The molecule has 0 amide bonds. The van der Waals surface area contributed by atoms with Crippen LogP contribution >= 0.6 is 0 Å². The summed E-state index contributed by atoms with van der Waals surface area (Å²) in [5, 5.41) is 0. The van der Waals surface area contributed by atoms with Crippen LogP contribution in [0.25, 0.3) is 0 Å². The first-order chi connectivity index (χ1) is 20.9. The molecule has 3 aromatic carbocycles. The first-order valence-electron chi connectivity index (χ1n) is 12.7. The highest BCUT2D eigenvalue weighted by Gasteiger charge is 2.41. The standard InChI is InChI=1S/C32H18F9NO2/c1-2-3-10-43-21-8-7-20(42-17-21)6-4-18-11-24(33)23(25(34)12-18)9-5-19-13-26(35)30(27(36)14-19)32(40,41)44-22-15-28(37)31(39)29(38)16-22/h7-8,11-17H,2-3,10H2,1H3. The van der Waals surface area contributed by atoms with E-state index in [-0.39, 0.29) is 17.7 Å². The van der Waals surface area contributed by atoms with Crippen molar-refractivity contribution in [2.45, 2.75) is 25.9 Å². The summed E-state index contributed by atoms with van der Waals surface area (Å²) in [6.07, 6.45) is -1.51.